The molecule has 0 aliphatic rings. The predicted octanol–water partition coefficient (Wildman–Crippen LogP) is 4.02. The summed E-state index contributed by atoms with van der Waals surface area (Å²) in [5, 5.41) is 8.64. The van der Waals surface area contributed by atoms with Crippen molar-refractivity contribution >= 4 is 33.2 Å². The number of carbonyl (C=O) groups is 1. The number of nitrogens with two attached hydrogens (primary N) is 1. The van der Waals surface area contributed by atoms with Gasteiger partial charge >= 0.3 is 0 Å². The fourth-order valence-corrected chi connectivity index (χ4v) is 3.97. The lowest BCUT2D eigenvalue weighted by atomic mass is 10.1. The predicted molar refractivity (Wildman–Crippen MR) is 121 cm³/mol. The first-order chi connectivity index (χ1) is 14.6. The SMILES string of the molecule is CC(C)Oc1ncccc1-c1ccc(NC(=O)Cc2ccccc2Cl)cc1S(N)(=O)=O. The molecule has 1 heterocycles. The molecule has 7 nitrogen and oxygen atoms in total. The Balaban J connectivity index is 1.95. The lowest BCUT2D eigenvalue weighted by molar-refractivity contribution is -0.115. The monoisotopic (exact) mass is 459 g/mol. The van der Waals surface area contributed by atoms with Crippen molar-refractivity contribution in [1.29, 1.82) is 0 Å². The number of hydrogen-bond donors (Lipinski definition) is 2. The van der Waals surface area contributed by atoms with Gasteiger partial charge in [-0.1, -0.05) is 35.9 Å². The average Bonchev–Trinajstić information content (AvgIpc) is 2.69. The number of sulfonamides is 1. The van der Waals surface area contributed by atoms with Crippen molar-refractivity contribution in [3.63, 3.8) is 0 Å². The van der Waals surface area contributed by atoms with Crippen molar-refractivity contribution in [2.45, 2.75) is 31.3 Å². The van der Waals surface area contributed by atoms with Crippen LogP contribution in [0.25, 0.3) is 11.1 Å². The second-order valence-electron chi connectivity index (χ2n) is 7.10. The van der Waals surface area contributed by atoms with E-state index in [1.807, 2.05) is 13.8 Å². The number of primary sulfonamides is 1. The van der Waals surface area contributed by atoms with E-state index >= 15 is 0 Å². The van der Waals surface area contributed by atoms with Gasteiger partial charge in [0, 0.05) is 28.0 Å². The first-order valence-corrected chi connectivity index (χ1v) is 11.4. The molecule has 9 heteroatoms. The maximum absolute atomic E-state index is 12.4. The van der Waals surface area contributed by atoms with Crippen LogP contribution in [0.15, 0.2) is 65.7 Å². The van der Waals surface area contributed by atoms with Crippen molar-refractivity contribution in [1.82, 2.24) is 4.98 Å². The Kier molecular flexibility index (Phi) is 6.94. The molecule has 0 saturated heterocycles. The molecule has 1 aromatic heterocycles. The quantitative estimate of drug-likeness (QED) is 0.554. The zero-order chi connectivity index (χ0) is 22.6. The number of nitrogens with zero attached hydrogens (tertiary/aromatic N) is 1. The summed E-state index contributed by atoms with van der Waals surface area (Å²) in [5.41, 5.74) is 1.76. The van der Waals surface area contributed by atoms with Crippen molar-refractivity contribution < 1.29 is 17.9 Å². The summed E-state index contributed by atoms with van der Waals surface area (Å²) in [4.78, 5) is 16.5. The topological polar surface area (TPSA) is 111 Å². The maximum atomic E-state index is 12.4. The van der Waals surface area contributed by atoms with E-state index in [-0.39, 0.29) is 29.2 Å². The van der Waals surface area contributed by atoms with Crippen LogP contribution in [0.1, 0.15) is 19.4 Å². The molecule has 0 saturated carbocycles. The molecule has 31 heavy (non-hydrogen) atoms. The molecule has 0 spiro atoms. The number of benzene rings is 2. The second-order valence-corrected chi connectivity index (χ2v) is 9.03. The normalized spacial score (nSPS) is 11.4. The first-order valence-electron chi connectivity index (χ1n) is 9.47. The Morgan fingerprint density at radius 3 is 2.55 bits per heavy atom. The summed E-state index contributed by atoms with van der Waals surface area (Å²) in [6.45, 7) is 3.69. The summed E-state index contributed by atoms with van der Waals surface area (Å²) < 4.78 is 30.4. The van der Waals surface area contributed by atoms with Gasteiger partial charge in [-0.15, -0.1) is 0 Å². The van der Waals surface area contributed by atoms with Gasteiger partial charge in [-0.3, -0.25) is 4.79 Å². The molecule has 3 aromatic rings. The van der Waals surface area contributed by atoms with Gasteiger partial charge in [0.25, 0.3) is 0 Å². The van der Waals surface area contributed by atoms with Gasteiger partial charge < -0.3 is 10.1 Å². The number of halogens is 1. The zero-order valence-electron chi connectivity index (χ0n) is 17.0. The molecule has 2 aromatic carbocycles. The standard InChI is InChI=1S/C22H22ClN3O4S/c1-14(2)30-22-18(7-5-11-25-22)17-10-9-16(13-20(17)31(24,28)29)26-21(27)12-15-6-3-4-8-19(15)23/h3-11,13-14H,12H2,1-2H3,(H,26,27)(H2,24,28,29). The van der Waals surface area contributed by atoms with Crippen molar-refractivity contribution in [3.8, 4) is 17.0 Å². The third-order valence-electron chi connectivity index (χ3n) is 4.29. The minimum Gasteiger partial charge on any atom is -0.475 e. The highest BCUT2D eigenvalue weighted by Crippen LogP contribution is 2.34. The summed E-state index contributed by atoms with van der Waals surface area (Å²) in [6.07, 6.45) is 1.44. The third-order valence-corrected chi connectivity index (χ3v) is 5.61. The number of anilines is 1. The first kappa shape index (κ1) is 22.7. The van der Waals surface area contributed by atoms with E-state index in [9.17, 15) is 13.2 Å². The van der Waals surface area contributed by atoms with Gasteiger partial charge in [0.1, 0.15) is 0 Å². The van der Waals surface area contributed by atoms with E-state index in [2.05, 4.69) is 10.3 Å². The van der Waals surface area contributed by atoms with Crippen LogP contribution in [0, 0.1) is 0 Å². The second kappa shape index (κ2) is 9.47. The fourth-order valence-electron chi connectivity index (χ4n) is 2.99. The molecule has 0 unspecified atom stereocenters. The fraction of sp³-hybridized carbons (Fsp3) is 0.182. The van der Waals surface area contributed by atoms with Gasteiger partial charge in [0.05, 0.1) is 17.4 Å². The summed E-state index contributed by atoms with van der Waals surface area (Å²) >= 11 is 6.10. The molecule has 1 amide bonds. The molecule has 0 radical (unpaired) electrons. The van der Waals surface area contributed by atoms with Crippen LogP contribution in [-0.2, 0) is 21.2 Å². The van der Waals surface area contributed by atoms with Crippen LogP contribution in [0.2, 0.25) is 5.02 Å². The molecule has 0 aliphatic heterocycles. The minimum absolute atomic E-state index is 0.0428. The van der Waals surface area contributed by atoms with E-state index in [0.717, 1.165) is 0 Å². The molecular formula is C22H22ClN3O4S. The molecule has 0 atom stereocenters. The highest BCUT2D eigenvalue weighted by molar-refractivity contribution is 7.89. The number of carbonyl (C=O) groups excluding carboxylic acids is 1. The highest BCUT2D eigenvalue weighted by atomic mass is 35.5. The number of ether oxygens (including phenoxy) is 1. The Morgan fingerprint density at radius 1 is 1.13 bits per heavy atom. The van der Waals surface area contributed by atoms with Gasteiger partial charge in [0.15, 0.2) is 0 Å². The lowest BCUT2D eigenvalue weighted by Gasteiger charge is -2.16. The van der Waals surface area contributed by atoms with E-state index in [0.29, 0.717) is 27.4 Å². The number of rotatable bonds is 7. The van der Waals surface area contributed by atoms with Crippen molar-refractivity contribution in [2.75, 3.05) is 5.32 Å². The molecule has 0 aliphatic carbocycles. The van der Waals surface area contributed by atoms with Crippen molar-refractivity contribution in [3.05, 3.63) is 71.4 Å². The Labute approximate surface area is 186 Å². The molecule has 162 valence electrons. The zero-order valence-corrected chi connectivity index (χ0v) is 18.6. The average molecular weight is 460 g/mol. The molecular weight excluding hydrogens is 438 g/mol. The van der Waals surface area contributed by atoms with E-state index in [1.165, 1.54) is 6.07 Å². The van der Waals surface area contributed by atoms with Crippen LogP contribution in [0.4, 0.5) is 5.69 Å². The van der Waals surface area contributed by atoms with Crippen LogP contribution in [0.5, 0.6) is 5.88 Å². The van der Waals surface area contributed by atoms with Crippen LogP contribution >= 0.6 is 11.6 Å². The van der Waals surface area contributed by atoms with E-state index < -0.39 is 10.0 Å². The molecule has 3 rings (SSSR count). The smallest absolute Gasteiger partial charge is 0.238 e. The van der Waals surface area contributed by atoms with Crippen LogP contribution in [-0.4, -0.2) is 25.4 Å². The molecule has 3 N–H and O–H groups in total. The Hall–Kier alpha value is -2.94. The number of nitrogens with one attached hydrogen (secondary N) is 1. The largest absolute Gasteiger partial charge is 0.475 e. The van der Waals surface area contributed by atoms with E-state index in [1.54, 1.807) is 54.7 Å². The van der Waals surface area contributed by atoms with Crippen LogP contribution in [0.3, 0.4) is 0 Å². The number of hydrogen-bond acceptors (Lipinski definition) is 5. The van der Waals surface area contributed by atoms with Gasteiger partial charge in [-0.05, 0) is 49.7 Å². The molecule has 0 bridgehead atoms. The maximum Gasteiger partial charge on any atom is 0.238 e. The van der Waals surface area contributed by atoms with Gasteiger partial charge in [-0.25, -0.2) is 18.5 Å². The number of pyridine rings is 1. The van der Waals surface area contributed by atoms with Gasteiger partial charge in [-0.2, -0.15) is 0 Å². The van der Waals surface area contributed by atoms with Crippen molar-refractivity contribution in [2.24, 2.45) is 5.14 Å². The number of amides is 1. The minimum atomic E-state index is -4.11. The van der Waals surface area contributed by atoms with Crippen LogP contribution < -0.4 is 15.2 Å². The number of aromatic nitrogens is 1. The molecule has 0 fully saturated rings. The van der Waals surface area contributed by atoms with Gasteiger partial charge in [0.2, 0.25) is 21.8 Å². The summed E-state index contributed by atoms with van der Waals surface area (Å²) in [6, 6.07) is 14.9. The van der Waals surface area contributed by atoms with E-state index in [4.69, 9.17) is 21.5 Å². The lowest BCUT2D eigenvalue weighted by Crippen LogP contribution is -2.17. The highest BCUT2D eigenvalue weighted by Gasteiger charge is 2.20. The Morgan fingerprint density at radius 2 is 1.87 bits per heavy atom. The third kappa shape index (κ3) is 5.81. The summed E-state index contributed by atoms with van der Waals surface area (Å²) in [5.74, 6) is -0.0515. The summed E-state index contributed by atoms with van der Waals surface area (Å²) in [7, 11) is -4.11. The Bertz CT molecular complexity index is 1210.